The lowest BCUT2D eigenvalue weighted by Gasteiger charge is -1.98. The van der Waals surface area contributed by atoms with Gasteiger partial charge in [-0.05, 0) is 30.0 Å². The fourth-order valence-electron chi connectivity index (χ4n) is 1.95. The number of aryl methyl sites for hydroxylation is 1. The minimum absolute atomic E-state index is 1.09. The van der Waals surface area contributed by atoms with E-state index in [0.717, 1.165) is 6.42 Å². The Morgan fingerprint density at radius 3 is 2.21 bits per heavy atom. The molecule has 0 aliphatic rings. The van der Waals surface area contributed by atoms with E-state index in [2.05, 4.69) is 80.6 Å². The Morgan fingerprint density at radius 2 is 1.58 bits per heavy atom. The molecule has 0 unspecified atom stereocenters. The first-order valence-corrected chi connectivity index (χ1v) is 6.78. The second-order valence-corrected chi connectivity index (χ2v) is 4.73. The van der Waals surface area contributed by atoms with E-state index in [9.17, 15) is 0 Å². The van der Waals surface area contributed by atoms with Gasteiger partial charge in [0, 0.05) is 0 Å². The summed E-state index contributed by atoms with van der Waals surface area (Å²) in [6, 6.07) is 19.1. The second-order valence-electron chi connectivity index (χ2n) is 4.73. The van der Waals surface area contributed by atoms with E-state index >= 15 is 0 Å². The third-order valence-corrected chi connectivity index (χ3v) is 3.12. The van der Waals surface area contributed by atoms with Crippen molar-refractivity contribution in [1.29, 1.82) is 0 Å². The molecular weight excluding hydrogens is 228 g/mol. The van der Waals surface area contributed by atoms with Gasteiger partial charge in [-0.1, -0.05) is 85.3 Å². The standard InChI is InChI=1S/C19H20/c1-3-17-11-13-18(14-12-17)10-9-16(2)15-19-7-5-4-6-8-19/h4-15H,3H2,1-2H3/b10-9+,16-15+. The van der Waals surface area contributed by atoms with Gasteiger partial charge < -0.3 is 0 Å². The average molecular weight is 248 g/mol. The van der Waals surface area contributed by atoms with Gasteiger partial charge in [-0.25, -0.2) is 0 Å². The number of hydrogen-bond acceptors (Lipinski definition) is 0. The lowest BCUT2D eigenvalue weighted by molar-refractivity contribution is 1.14. The van der Waals surface area contributed by atoms with Crippen molar-refractivity contribution in [2.45, 2.75) is 20.3 Å². The van der Waals surface area contributed by atoms with E-state index in [1.807, 2.05) is 6.07 Å². The predicted octanol–water partition coefficient (Wildman–Crippen LogP) is 5.37. The summed E-state index contributed by atoms with van der Waals surface area (Å²) in [5.41, 5.74) is 5.13. The van der Waals surface area contributed by atoms with Crippen molar-refractivity contribution in [3.8, 4) is 0 Å². The van der Waals surface area contributed by atoms with Crippen LogP contribution in [0.1, 0.15) is 30.5 Å². The highest BCUT2D eigenvalue weighted by molar-refractivity contribution is 5.60. The van der Waals surface area contributed by atoms with Crippen LogP contribution >= 0.6 is 0 Å². The minimum Gasteiger partial charge on any atom is -0.0622 e. The summed E-state index contributed by atoms with van der Waals surface area (Å²) in [6.45, 7) is 4.31. The zero-order valence-corrected chi connectivity index (χ0v) is 11.6. The van der Waals surface area contributed by atoms with Gasteiger partial charge in [-0.15, -0.1) is 0 Å². The summed E-state index contributed by atoms with van der Waals surface area (Å²) in [7, 11) is 0. The van der Waals surface area contributed by atoms with Crippen LogP contribution in [0.25, 0.3) is 12.2 Å². The molecule has 0 aromatic heterocycles. The molecule has 0 heterocycles. The van der Waals surface area contributed by atoms with E-state index < -0.39 is 0 Å². The minimum atomic E-state index is 1.09. The molecule has 0 heteroatoms. The highest BCUT2D eigenvalue weighted by Gasteiger charge is 1.90. The zero-order valence-electron chi connectivity index (χ0n) is 11.6. The molecule has 0 fully saturated rings. The van der Waals surface area contributed by atoms with Crippen molar-refractivity contribution in [1.82, 2.24) is 0 Å². The van der Waals surface area contributed by atoms with Crippen LogP contribution in [0.4, 0.5) is 0 Å². The van der Waals surface area contributed by atoms with Crippen molar-refractivity contribution in [3.05, 3.63) is 82.9 Å². The van der Waals surface area contributed by atoms with Crippen LogP contribution in [0.5, 0.6) is 0 Å². The van der Waals surface area contributed by atoms with Gasteiger partial charge in [0.1, 0.15) is 0 Å². The molecule has 96 valence electrons. The maximum absolute atomic E-state index is 2.19. The van der Waals surface area contributed by atoms with E-state index in [1.165, 1.54) is 22.3 Å². The molecule has 0 saturated heterocycles. The van der Waals surface area contributed by atoms with Crippen LogP contribution in [-0.2, 0) is 6.42 Å². The molecular formula is C19H20. The van der Waals surface area contributed by atoms with E-state index in [4.69, 9.17) is 0 Å². The third-order valence-electron chi connectivity index (χ3n) is 3.12. The average Bonchev–Trinajstić information content (AvgIpc) is 2.47. The molecule has 2 rings (SSSR count). The van der Waals surface area contributed by atoms with Gasteiger partial charge >= 0.3 is 0 Å². The zero-order chi connectivity index (χ0) is 13.5. The lowest BCUT2D eigenvalue weighted by atomic mass is 10.1. The van der Waals surface area contributed by atoms with Gasteiger partial charge in [-0.2, -0.15) is 0 Å². The van der Waals surface area contributed by atoms with E-state index in [-0.39, 0.29) is 0 Å². The lowest BCUT2D eigenvalue weighted by Crippen LogP contribution is -1.79. The van der Waals surface area contributed by atoms with E-state index in [1.54, 1.807) is 0 Å². The Hall–Kier alpha value is -2.08. The van der Waals surface area contributed by atoms with Crippen LogP contribution in [0.15, 0.2) is 66.2 Å². The maximum atomic E-state index is 2.19. The van der Waals surface area contributed by atoms with Gasteiger partial charge in [0.05, 0.1) is 0 Å². The number of hydrogen-bond donors (Lipinski definition) is 0. The van der Waals surface area contributed by atoms with Gasteiger partial charge in [-0.3, -0.25) is 0 Å². The molecule has 0 saturated carbocycles. The Balaban J connectivity index is 2.07. The fraction of sp³-hybridized carbons (Fsp3) is 0.158. The summed E-state index contributed by atoms with van der Waals surface area (Å²) in [5.74, 6) is 0. The topological polar surface area (TPSA) is 0 Å². The largest absolute Gasteiger partial charge is 0.0622 e. The van der Waals surface area contributed by atoms with Crippen molar-refractivity contribution in [2.24, 2.45) is 0 Å². The van der Waals surface area contributed by atoms with Crippen LogP contribution in [0.2, 0.25) is 0 Å². The summed E-state index contributed by atoms with van der Waals surface area (Å²) in [5, 5.41) is 0. The van der Waals surface area contributed by atoms with Crippen LogP contribution in [0.3, 0.4) is 0 Å². The maximum Gasteiger partial charge on any atom is -0.0254 e. The molecule has 0 aliphatic carbocycles. The Bertz CT molecular complexity index is 557. The first-order valence-electron chi connectivity index (χ1n) is 6.78. The number of rotatable bonds is 4. The van der Waals surface area contributed by atoms with Gasteiger partial charge in [0.2, 0.25) is 0 Å². The first-order chi connectivity index (χ1) is 9.28. The highest BCUT2D eigenvalue weighted by atomic mass is 14.0. The number of benzene rings is 2. The summed E-state index contributed by atoms with van der Waals surface area (Å²) in [4.78, 5) is 0. The molecule has 2 aromatic carbocycles. The van der Waals surface area contributed by atoms with Crippen molar-refractivity contribution >= 4 is 12.2 Å². The molecule has 0 spiro atoms. The van der Waals surface area contributed by atoms with Gasteiger partial charge in [0.15, 0.2) is 0 Å². The third kappa shape index (κ3) is 4.26. The summed E-state index contributed by atoms with van der Waals surface area (Å²) in [6.07, 6.45) is 7.61. The smallest absolute Gasteiger partial charge is 0.0254 e. The quantitative estimate of drug-likeness (QED) is 0.638. The fourth-order valence-corrected chi connectivity index (χ4v) is 1.95. The molecule has 0 nitrogen and oxygen atoms in total. The predicted molar refractivity (Wildman–Crippen MR) is 84.9 cm³/mol. The van der Waals surface area contributed by atoms with Gasteiger partial charge in [0.25, 0.3) is 0 Å². The monoisotopic (exact) mass is 248 g/mol. The molecule has 0 N–H and O–H groups in total. The molecule has 0 aliphatic heterocycles. The van der Waals surface area contributed by atoms with Crippen LogP contribution in [0, 0.1) is 0 Å². The van der Waals surface area contributed by atoms with Crippen molar-refractivity contribution in [3.63, 3.8) is 0 Å². The second kappa shape index (κ2) is 6.75. The molecule has 0 atom stereocenters. The molecule has 19 heavy (non-hydrogen) atoms. The molecule has 0 bridgehead atoms. The molecule has 2 aromatic rings. The highest BCUT2D eigenvalue weighted by Crippen LogP contribution is 2.11. The molecule has 0 amide bonds. The van der Waals surface area contributed by atoms with Crippen LogP contribution in [-0.4, -0.2) is 0 Å². The van der Waals surface area contributed by atoms with Crippen molar-refractivity contribution in [2.75, 3.05) is 0 Å². The summed E-state index contributed by atoms with van der Waals surface area (Å²) >= 11 is 0. The van der Waals surface area contributed by atoms with Crippen molar-refractivity contribution < 1.29 is 0 Å². The summed E-state index contributed by atoms with van der Waals surface area (Å²) < 4.78 is 0. The SMILES string of the molecule is CCc1ccc(/C=C/C(C)=C/c2ccccc2)cc1. The van der Waals surface area contributed by atoms with E-state index in [0.29, 0.717) is 0 Å². The number of allylic oxidation sites excluding steroid dienone is 2. The normalized spacial score (nSPS) is 12.0. The Kier molecular flexibility index (Phi) is 4.74. The van der Waals surface area contributed by atoms with Crippen LogP contribution < -0.4 is 0 Å². The Morgan fingerprint density at radius 1 is 0.895 bits per heavy atom. The molecule has 0 radical (unpaired) electrons. The Labute approximate surface area is 116 Å². The first kappa shape index (κ1) is 13.4.